The van der Waals surface area contributed by atoms with E-state index in [2.05, 4.69) is 20.8 Å². The molecule has 15 heavy (non-hydrogen) atoms. The lowest BCUT2D eigenvalue weighted by atomic mass is 9.84. The van der Waals surface area contributed by atoms with Gasteiger partial charge in [-0.1, -0.05) is 26.7 Å². The van der Waals surface area contributed by atoms with Crippen LogP contribution in [-0.2, 0) is 4.74 Å². The van der Waals surface area contributed by atoms with Gasteiger partial charge in [0.25, 0.3) is 0 Å². The number of rotatable bonds is 5. The summed E-state index contributed by atoms with van der Waals surface area (Å²) >= 11 is 0. The van der Waals surface area contributed by atoms with Crippen LogP contribution in [0, 0.1) is 5.92 Å². The second-order valence-electron chi connectivity index (χ2n) is 5.26. The Kier molecular flexibility index (Phi) is 5.07. The number of aliphatic hydroxyl groups is 1. The van der Waals surface area contributed by atoms with Crippen LogP contribution in [0.25, 0.3) is 0 Å². The SMILES string of the molecule is CCCC(C)CC(O)C1(C)CCCCO1. The molecule has 0 aromatic carbocycles. The molecule has 3 unspecified atom stereocenters. The van der Waals surface area contributed by atoms with Gasteiger partial charge >= 0.3 is 0 Å². The van der Waals surface area contributed by atoms with Crippen molar-refractivity contribution in [3.63, 3.8) is 0 Å². The van der Waals surface area contributed by atoms with Crippen LogP contribution in [0.5, 0.6) is 0 Å². The van der Waals surface area contributed by atoms with Crippen LogP contribution in [0.4, 0.5) is 0 Å². The number of hydrogen-bond donors (Lipinski definition) is 1. The van der Waals surface area contributed by atoms with Gasteiger partial charge in [0.15, 0.2) is 0 Å². The van der Waals surface area contributed by atoms with Crippen molar-refractivity contribution in [3.8, 4) is 0 Å². The van der Waals surface area contributed by atoms with Gasteiger partial charge in [-0.15, -0.1) is 0 Å². The molecule has 1 N–H and O–H groups in total. The van der Waals surface area contributed by atoms with Gasteiger partial charge in [0.1, 0.15) is 0 Å². The first-order valence-electron chi connectivity index (χ1n) is 6.40. The molecule has 1 fully saturated rings. The summed E-state index contributed by atoms with van der Waals surface area (Å²) in [5.41, 5.74) is -0.278. The van der Waals surface area contributed by atoms with Crippen LogP contribution in [0.3, 0.4) is 0 Å². The minimum Gasteiger partial charge on any atom is -0.390 e. The molecule has 0 aliphatic carbocycles. The zero-order valence-electron chi connectivity index (χ0n) is 10.5. The topological polar surface area (TPSA) is 29.5 Å². The van der Waals surface area contributed by atoms with E-state index >= 15 is 0 Å². The van der Waals surface area contributed by atoms with E-state index in [1.165, 1.54) is 19.3 Å². The average Bonchev–Trinajstić information content (AvgIpc) is 2.19. The standard InChI is InChI=1S/C13H26O2/c1-4-7-11(2)10-12(14)13(3)8-5-6-9-15-13/h11-12,14H,4-10H2,1-3H3. The second kappa shape index (κ2) is 5.86. The van der Waals surface area contributed by atoms with E-state index in [4.69, 9.17) is 4.74 Å². The van der Waals surface area contributed by atoms with Gasteiger partial charge in [0.2, 0.25) is 0 Å². The maximum atomic E-state index is 10.2. The molecule has 2 nitrogen and oxygen atoms in total. The maximum Gasteiger partial charge on any atom is 0.0912 e. The van der Waals surface area contributed by atoms with Crippen LogP contribution in [0.1, 0.15) is 59.3 Å². The fourth-order valence-electron chi connectivity index (χ4n) is 2.46. The Hall–Kier alpha value is -0.0800. The lowest BCUT2D eigenvalue weighted by Gasteiger charge is -2.38. The highest BCUT2D eigenvalue weighted by Crippen LogP contribution is 2.31. The highest BCUT2D eigenvalue weighted by molar-refractivity contribution is 4.87. The van der Waals surface area contributed by atoms with Crippen LogP contribution >= 0.6 is 0 Å². The minimum atomic E-state index is -0.292. The molecule has 0 aromatic heterocycles. The zero-order chi connectivity index (χ0) is 11.3. The van der Waals surface area contributed by atoms with Crippen molar-refractivity contribution in [1.82, 2.24) is 0 Å². The Morgan fingerprint density at radius 3 is 2.67 bits per heavy atom. The first-order valence-corrected chi connectivity index (χ1v) is 6.40. The molecule has 1 aliphatic rings. The minimum absolute atomic E-state index is 0.278. The van der Waals surface area contributed by atoms with Crippen LogP contribution in [-0.4, -0.2) is 23.4 Å². The Labute approximate surface area is 94.0 Å². The number of ether oxygens (including phenoxy) is 1. The zero-order valence-corrected chi connectivity index (χ0v) is 10.5. The van der Waals surface area contributed by atoms with Crippen LogP contribution in [0.2, 0.25) is 0 Å². The highest BCUT2D eigenvalue weighted by atomic mass is 16.5. The molecule has 90 valence electrons. The van der Waals surface area contributed by atoms with E-state index in [9.17, 15) is 5.11 Å². The molecule has 1 saturated heterocycles. The predicted molar refractivity (Wildman–Crippen MR) is 62.9 cm³/mol. The fourth-order valence-corrected chi connectivity index (χ4v) is 2.46. The molecular formula is C13H26O2. The molecule has 0 radical (unpaired) electrons. The van der Waals surface area contributed by atoms with E-state index in [0.717, 1.165) is 25.9 Å². The van der Waals surface area contributed by atoms with Crippen molar-refractivity contribution in [2.45, 2.75) is 71.0 Å². The first-order chi connectivity index (χ1) is 7.08. The normalized spacial score (nSPS) is 31.2. The molecule has 1 aliphatic heterocycles. The molecule has 0 amide bonds. The molecule has 0 spiro atoms. The molecule has 0 saturated carbocycles. The first kappa shape index (κ1) is 13.0. The summed E-state index contributed by atoms with van der Waals surface area (Å²) in [6.07, 6.45) is 6.33. The lowest BCUT2D eigenvalue weighted by molar-refractivity contribution is -0.141. The van der Waals surface area contributed by atoms with Gasteiger partial charge in [0, 0.05) is 6.61 Å². The third kappa shape index (κ3) is 3.76. The van der Waals surface area contributed by atoms with E-state index in [0.29, 0.717) is 5.92 Å². The van der Waals surface area contributed by atoms with Gasteiger partial charge in [-0.25, -0.2) is 0 Å². The van der Waals surface area contributed by atoms with Crippen molar-refractivity contribution in [2.24, 2.45) is 5.92 Å². The predicted octanol–water partition coefficient (Wildman–Crippen LogP) is 3.13. The molecule has 1 heterocycles. The second-order valence-corrected chi connectivity index (χ2v) is 5.26. The maximum absolute atomic E-state index is 10.2. The number of hydrogen-bond acceptors (Lipinski definition) is 2. The fraction of sp³-hybridized carbons (Fsp3) is 1.00. The Morgan fingerprint density at radius 2 is 2.13 bits per heavy atom. The number of aliphatic hydroxyl groups excluding tert-OH is 1. The van der Waals surface area contributed by atoms with Crippen molar-refractivity contribution < 1.29 is 9.84 Å². The van der Waals surface area contributed by atoms with E-state index < -0.39 is 0 Å². The largest absolute Gasteiger partial charge is 0.390 e. The summed E-state index contributed by atoms with van der Waals surface area (Å²) in [4.78, 5) is 0. The van der Waals surface area contributed by atoms with E-state index in [1.807, 2.05) is 0 Å². The third-order valence-electron chi connectivity index (χ3n) is 3.61. The quantitative estimate of drug-likeness (QED) is 0.762. The summed E-state index contributed by atoms with van der Waals surface area (Å²) in [5.74, 6) is 0.604. The third-order valence-corrected chi connectivity index (χ3v) is 3.61. The molecule has 2 heteroatoms. The molecule has 1 rings (SSSR count). The van der Waals surface area contributed by atoms with Crippen molar-refractivity contribution >= 4 is 0 Å². The van der Waals surface area contributed by atoms with Crippen molar-refractivity contribution in [1.29, 1.82) is 0 Å². The van der Waals surface area contributed by atoms with E-state index in [1.54, 1.807) is 0 Å². The van der Waals surface area contributed by atoms with Gasteiger partial charge in [-0.3, -0.25) is 0 Å². The van der Waals surface area contributed by atoms with E-state index in [-0.39, 0.29) is 11.7 Å². The molecule has 0 bridgehead atoms. The lowest BCUT2D eigenvalue weighted by Crippen LogP contribution is -2.45. The average molecular weight is 214 g/mol. The Balaban J connectivity index is 2.39. The summed E-state index contributed by atoms with van der Waals surface area (Å²) in [5, 5.41) is 10.2. The van der Waals surface area contributed by atoms with Crippen LogP contribution < -0.4 is 0 Å². The Bertz CT molecular complexity index is 173. The van der Waals surface area contributed by atoms with Gasteiger partial charge < -0.3 is 9.84 Å². The highest BCUT2D eigenvalue weighted by Gasteiger charge is 2.36. The summed E-state index contributed by atoms with van der Waals surface area (Å²) in [6.45, 7) is 7.30. The summed E-state index contributed by atoms with van der Waals surface area (Å²) < 4.78 is 5.76. The summed E-state index contributed by atoms with van der Waals surface area (Å²) in [6, 6.07) is 0. The monoisotopic (exact) mass is 214 g/mol. The molecule has 0 aromatic rings. The van der Waals surface area contributed by atoms with Crippen molar-refractivity contribution in [3.05, 3.63) is 0 Å². The Morgan fingerprint density at radius 1 is 1.40 bits per heavy atom. The molecule has 3 atom stereocenters. The van der Waals surface area contributed by atoms with Gasteiger partial charge in [-0.05, 0) is 38.5 Å². The van der Waals surface area contributed by atoms with Crippen LogP contribution in [0.15, 0.2) is 0 Å². The smallest absolute Gasteiger partial charge is 0.0912 e. The molecular weight excluding hydrogens is 188 g/mol. The van der Waals surface area contributed by atoms with Gasteiger partial charge in [0.05, 0.1) is 11.7 Å². The van der Waals surface area contributed by atoms with Gasteiger partial charge in [-0.2, -0.15) is 0 Å². The summed E-state index contributed by atoms with van der Waals surface area (Å²) in [7, 11) is 0. The van der Waals surface area contributed by atoms with Crippen molar-refractivity contribution in [2.75, 3.05) is 6.61 Å².